The highest BCUT2D eigenvalue weighted by atomic mass is 16.5. The van der Waals surface area contributed by atoms with E-state index in [0.29, 0.717) is 35.8 Å². The highest BCUT2D eigenvalue weighted by Gasteiger charge is 2.18. The predicted octanol–water partition coefficient (Wildman–Crippen LogP) is 2.26. The van der Waals surface area contributed by atoms with E-state index in [1.807, 2.05) is 18.2 Å². The summed E-state index contributed by atoms with van der Waals surface area (Å²) in [5, 5.41) is 3.11. The summed E-state index contributed by atoms with van der Waals surface area (Å²) in [5.41, 5.74) is 1.40. The molecule has 3 rings (SSSR count). The molecular formula is C24H27N3O6. The van der Waals surface area contributed by atoms with Crippen LogP contribution in [0.5, 0.6) is 11.5 Å². The summed E-state index contributed by atoms with van der Waals surface area (Å²) in [4.78, 5) is 42.1. The van der Waals surface area contributed by atoms with Crippen molar-refractivity contribution < 1.29 is 23.8 Å². The minimum absolute atomic E-state index is 0.106. The third kappa shape index (κ3) is 5.49. The fraction of sp³-hybridized carbons (Fsp3) is 0.333. The van der Waals surface area contributed by atoms with Crippen molar-refractivity contribution in [3.63, 3.8) is 0 Å². The molecule has 0 spiro atoms. The van der Waals surface area contributed by atoms with Gasteiger partial charge >= 0.3 is 5.97 Å². The van der Waals surface area contributed by atoms with Gasteiger partial charge in [0.15, 0.2) is 11.5 Å². The zero-order valence-electron chi connectivity index (χ0n) is 19.1. The molecule has 0 aliphatic carbocycles. The molecule has 0 bridgehead atoms. The molecule has 3 aromatic rings. The second kappa shape index (κ2) is 10.6. The van der Waals surface area contributed by atoms with E-state index in [2.05, 4.69) is 10.3 Å². The fourth-order valence-electron chi connectivity index (χ4n) is 3.43. The standard InChI is InChI=1S/C24H27N3O6/c1-5-33-24(30)18-13-27(23-17(22(18)29)8-6-15(2)26-23)14-21(28)25-11-10-16-7-9-19(31-3)20(12-16)32-4/h6-9,12-13H,5,10-11,14H2,1-4H3,(H,25,28). The number of pyridine rings is 2. The molecule has 33 heavy (non-hydrogen) atoms. The van der Waals surface area contributed by atoms with Crippen molar-refractivity contribution in [2.45, 2.75) is 26.8 Å². The van der Waals surface area contributed by atoms with Crippen molar-refractivity contribution >= 4 is 22.9 Å². The van der Waals surface area contributed by atoms with Crippen LogP contribution in [0.4, 0.5) is 0 Å². The third-order valence-corrected chi connectivity index (χ3v) is 5.05. The molecule has 1 amide bonds. The Kier molecular flexibility index (Phi) is 7.66. The van der Waals surface area contributed by atoms with Crippen LogP contribution in [0.15, 0.2) is 41.3 Å². The molecule has 0 aliphatic heterocycles. The van der Waals surface area contributed by atoms with Crippen molar-refractivity contribution in [2.24, 2.45) is 0 Å². The average molecular weight is 453 g/mol. The summed E-state index contributed by atoms with van der Waals surface area (Å²) in [6.45, 7) is 3.87. The van der Waals surface area contributed by atoms with Crippen LogP contribution in [-0.2, 0) is 22.5 Å². The fourth-order valence-corrected chi connectivity index (χ4v) is 3.43. The van der Waals surface area contributed by atoms with E-state index < -0.39 is 11.4 Å². The van der Waals surface area contributed by atoms with Gasteiger partial charge in [0.25, 0.3) is 0 Å². The number of hydrogen-bond acceptors (Lipinski definition) is 7. The first-order chi connectivity index (χ1) is 15.9. The quantitative estimate of drug-likeness (QED) is 0.495. The van der Waals surface area contributed by atoms with Gasteiger partial charge in [-0.1, -0.05) is 6.07 Å². The van der Waals surface area contributed by atoms with Gasteiger partial charge in [-0.25, -0.2) is 9.78 Å². The Balaban J connectivity index is 1.77. The summed E-state index contributed by atoms with van der Waals surface area (Å²) in [6.07, 6.45) is 1.92. The maximum Gasteiger partial charge on any atom is 0.343 e. The predicted molar refractivity (Wildman–Crippen MR) is 123 cm³/mol. The Morgan fingerprint density at radius 1 is 1.09 bits per heavy atom. The molecule has 0 saturated heterocycles. The van der Waals surface area contributed by atoms with Gasteiger partial charge in [-0.15, -0.1) is 0 Å². The molecule has 0 unspecified atom stereocenters. The molecule has 0 radical (unpaired) electrons. The molecule has 0 atom stereocenters. The van der Waals surface area contributed by atoms with Crippen LogP contribution in [0.3, 0.4) is 0 Å². The second-order valence-corrected chi connectivity index (χ2v) is 7.33. The van der Waals surface area contributed by atoms with Crippen LogP contribution in [0.1, 0.15) is 28.5 Å². The number of aromatic nitrogens is 2. The first-order valence-electron chi connectivity index (χ1n) is 10.5. The number of carbonyl (C=O) groups is 2. The number of esters is 1. The number of nitrogens with zero attached hydrogens (tertiary/aromatic N) is 2. The molecule has 1 N–H and O–H groups in total. The molecule has 0 fully saturated rings. The third-order valence-electron chi connectivity index (χ3n) is 5.05. The zero-order valence-corrected chi connectivity index (χ0v) is 19.1. The summed E-state index contributed by atoms with van der Waals surface area (Å²) in [5.74, 6) is 0.246. The SMILES string of the molecule is CCOC(=O)c1cn(CC(=O)NCCc2ccc(OC)c(OC)c2)c2nc(C)ccc2c1=O. The number of benzene rings is 1. The lowest BCUT2D eigenvalue weighted by molar-refractivity contribution is -0.121. The summed E-state index contributed by atoms with van der Waals surface area (Å²) in [6, 6.07) is 8.87. The number of rotatable bonds is 9. The van der Waals surface area contributed by atoms with Gasteiger partial charge in [0.1, 0.15) is 17.8 Å². The maximum absolute atomic E-state index is 12.7. The molecule has 174 valence electrons. The Morgan fingerprint density at radius 3 is 2.55 bits per heavy atom. The Bertz CT molecular complexity index is 1230. The maximum atomic E-state index is 12.7. The number of carbonyl (C=O) groups excluding carboxylic acids is 2. The van der Waals surface area contributed by atoms with Crippen molar-refractivity contribution in [2.75, 3.05) is 27.4 Å². The molecule has 2 heterocycles. The molecule has 0 saturated carbocycles. The van der Waals surface area contributed by atoms with Crippen molar-refractivity contribution in [3.8, 4) is 11.5 Å². The first kappa shape index (κ1) is 23.8. The molecule has 1 aromatic carbocycles. The highest BCUT2D eigenvalue weighted by Crippen LogP contribution is 2.27. The van der Waals surface area contributed by atoms with Gasteiger partial charge in [0.05, 0.1) is 26.2 Å². The van der Waals surface area contributed by atoms with Crippen LogP contribution >= 0.6 is 0 Å². The molecule has 0 aliphatic rings. The number of ether oxygens (including phenoxy) is 3. The lowest BCUT2D eigenvalue weighted by atomic mass is 10.1. The summed E-state index contributed by atoms with van der Waals surface area (Å²) in [7, 11) is 3.14. The van der Waals surface area contributed by atoms with E-state index in [-0.39, 0.29) is 30.0 Å². The number of nitrogens with one attached hydrogen (secondary N) is 1. The molecular weight excluding hydrogens is 426 g/mol. The van der Waals surface area contributed by atoms with Crippen molar-refractivity contribution in [3.05, 3.63) is 63.6 Å². The van der Waals surface area contributed by atoms with Gasteiger partial charge < -0.3 is 24.1 Å². The summed E-state index contributed by atoms with van der Waals surface area (Å²) >= 11 is 0. The zero-order chi connectivity index (χ0) is 24.0. The van der Waals surface area contributed by atoms with Gasteiger partial charge in [-0.05, 0) is 50.1 Å². The number of aryl methyl sites for hydroxylation is 1. The molecule has 9 heteroatoms. The minimum atomic E-state index is -0.729. The minimum Gasteiger partial charge on any atom is -0.493 e. The topological polar surface area (TPSA) is 109 Å². The van der Waals surface area contributed by atoms with E-state index in [1.165, 1.54) is 10.8 Å². The van der Waals surface area contributed by atoms with E-state index in [0.717, 1.165) is 5.56 Å². The normalized spacial score (nSPS) is 10.7. The van der Waals surface area contributed by atoms with Crippen LogP contribution in [-0.4, -0.2) is 48.8 Å². The lowest BCUT2D eigenvalue weighted by Gasteiger charge is -2.13. The average Bonchev–Trinajstić information content (AvgIpc) is 2.80. The van der Waals surface area contributed by atoms with Crippen LogP contribution < -0.4 is 20.2 Å². The monoisotopic (exact) mass is 453 g/mol. The van der Waals surface area contributed by atoms with Gasteiger partial charge in [-0.2, -0.15) is 0 Å². The van der Waals surface area contributed by atoms with Crippen LogP contribution in [0.25, 0.3) is 11.0 Å². The van der Waals surface area contributed by atoms with E-state index >= 15 is 0 Å². The van der Waals surface area contributed by atoms with Gasteiger partial charge in [0, 0.05) is 18.4 Å². The van der Waals surface area contributed by atoms with Crippen molar-refractivity contribution in [1.29, 1.82) is 0 Å². The van der Waals surface area contributed by atoms with E-state index in [1.54, 1.807) is 40.2 Å². The first-order valence-corrected chi connectivity index (χ1v) is 10.5. The molecule has 2 aromatic heterocycles. The van der Waals surface area contributed by atoms with E-state index in [9.17, 15) is 14.4 Å². The van der Waals surface area contributed by atoms with E-state index in [4.69, 9.17) is 14.2 Å². The Labute approximate surface area is 191 Å². The number of fused-ring (bicyclic) bond motifs is 1. The molecule has 9 nitrogen and oxygen atoms in total. The number of hydrogen-bond donors (Lipinski definition) is 1. The second-order valence-electron chi connectivity index (χ2n) is 7.33. The Morgan fingerprint density at radius 2 is 1.85 bits per heavy atom. The largest absolute Gasteiger partial charge is 0.493 e. The number of amides is 1. The lowest BCUT2D eigenvalue weighted by Crippen LogP contribution is -2.31. The van der Waals surface area contributed by atoms with Crippen LogP contribution in [0, 0.1) is 6.92 Å². The number of methoxy groups -OCH3 is 2. The summed E-state index contributed by atoms with van der Waals surface area (Å²) < 4.78 is 17.0. The highest BCUT2D eigenvalue weighted by molar-refractivity contribution is 5.93. The Hall–Kier alpha value is -3.88. The van der Waals surface area contributed by atoms with Gasteiger partial charge in [0.2, 0.25) is 11.3 Å². The van der Waals surface area contributed by atoms with Crippen molar-refractivity contribution in [1.82, 2.24) is 14.9 Å². The van der Waals surface area contributed by atoms with Gasteiger partial charge in [-0.3, -0.25) is 9.59 Å². The smallest absolute Gasteiger partial charge is 0.343 e. The van der Waals surface area contributed by atoms with Crippen LogP contribution in [0.2, 0.25) is 0 Å².